The Bertz CT molecular complexity index is 557. The molecule has 1 aliphatic rings. The van der Waals surface area contributed by atoms with Crippen molar-refractivity contribution < 1.29 is 9.13 Å². The third kappa shape index (κ3) is 3.62. The van der Waals surface area contributed by atoms with Crippen LogP contribution in [0.3, 0.4) is 0 Å². The molecule has 0 N–H and O–H groups in total. The van der Waals surface area contributed by atoms with Gasteiger partial charge in [0.05, 0.1) is 19.0 Å². The average molecular weight is 289 g/mol. The number of anilines is 1. The first-order chi connectivity index (χ1) is 10.3. The van der Waals surface area contributed by atoms with Crippen LogP contribution in [0.5, 0.6) is 6.01 Å². The molecule has 0 atom stereocenters. The number of halogens is 1. The minimum absolute atomic E-state index is 0.412. The van der Waals surface area contributed by atoms with Gasteiger partial charge in [0, 0.05) is 25.5 Å². The highest BCUT2D eigenvalue weighted by Crippen LogP contribution is 2.20. The molecule has 0 saturated carbocycles. The van der Waals surface area contributed by atoms with E-state index in [-0.39, 0.29) is 0 Å². The van der Waals surface area contributed by atoms with Gasteiger partial charge in [0.1, 0.15) is 0 Å². The summed E-state index contributed by atoms with van der Waals surface area (Å²) in [4.78, 5) is 18.2. The van der Waals surface area contributed by atoms with Crippen molar-refractivity contribution in [2.45, 2.75) is 12.8 Å². The average Bonchev–Trinajstić information content (AvgIpc) is 2.55. The molecule has 1 aliphatic heterocycles. The van der Waals surface area contributed by atoms with Crippen molar-refractivity contribution >= 4 is 5.95 Å². The van der Waals surface area contributed by atoms with Crippen molar-refractivity contribution in [1.29, 1.82) is 0 Å². The van der Waals surface area contributed by atoms with E-state index in [1.807, 2.05) is 0 Å². The van der Waals surface area contributed by atoms with Crippen LogP contribution in [0.15, 0.2) is 30.9 Å². The first kappa shape index (κ1) is 13.7. The van der Waals surface area contributed by atoms with Gasteiger partial charge in [-0.3, -0.25) is 0 Å². The molecule has 2 aromatic rings. The molecule has 0 aromatic carbocycles. The maximum absolute atomic E-state index is 12.8. The van der Waals surface area contributed by atoms with Gasteiger partial charge in [-0.15, -0.1) is 0 Å². The van der Waals surface area contributed by atoms with Gasteiger partial charge in [-0.1, -0.05) is 0 Å². The van der Waals surface area contributed by atoms with Crippen LogP contribution in [0, 0.1) is 11.7 Å². The van der Waals surface area contributed by atoms with Crippen LogP contribution < -0.4 is 9.64 Å². The molecular weight excluding hydrogens is 273 g/mol. The largest absolute Gasteiger partial charge is 0.463 e. The summed E-state index contributed by atoms with van der Waals surface area (Å²) in [7, 11) is 0. The third-order valence-corrected chi connectivity index (χ3v) is 3.49. The van der Waals surface area contributed by atoms with E-state index in [1.165, 1.54) is 12.4 Å². The van der Waals surface area contributed by atoms with E-state index in [0.29, 0.717) is 24.5 Å². The topological polar surface area (TPSA) is 64.0 Å². The van der Waals surface area contributed by atoms with Crippen molar-refractivity contribution in [2.75, 3.05) is 24.6 Å². The smallest absolute Gasteiger partial charge is 0.316 e. The SMILES string of the molecule is Fc1cnc(N2CCC(COc3ncccn3)CC2)nc1. The zero-order chi connectivity index (χ0) is 14.5. The second kappa shape index (κ2) is 6.43. The van der Waals surface area contributed by atoms with E-state index in [4.69, 9.17) is 4.74 Å². The Morgan fingerprint density at radius 1 is 1.10 bits per heavy atom. The van der Waals surface area contributed by atoms with Gasteiger partial charge in [-0.05, 0) is 24.8 Å². The Morgan fingerprint density at radius 3 is 2.43 bits per heavy atom. The van der Waals surface area contributed by atoms with Crippen LogP contribution in [-0.4, -0.2) is 39.6 Å². The lowest BCUT2D eigenvalue weighted by atomic mass is 9.98. The Hall–Kier alpha value is -2.31. The lowest BCUT2D eigenvalue weighted by Crippen LogP contribution is -2.36. The predicted molar refractivity (Wildman–Crippen MR) is 74.5 cm³/mol. The summed E-state index contributed by atoms with van der Waals surface area (Å²) >= 11 is 0. The zero-order valence-corrected chi connectivity index (χ0v) is 11.5. The molecule has 2 aromatic heterocycles. The summed E-state index contributed by atoms with van der Waals surface area (Å²) in [6.45, 7) is 2.30. The Kier molecular flexibility index (Phi) is 4.18. The predicted octanol–water partition coefficient (Wildman–Crippen LogP) is 1.70. The van der Waals surface area contributed by atoms with Gasteiger partial charge < -0.3 is 9.64 Å². The fourth-order valence-corrected chi connectivity index (χ4v) is 2.32. The van der Waals surface area contributed by atoms with E-state index < -0.39 is 5.82 Å². The molecule has 3 rings (SSSR count). The highest BCUT2D eigenvalue weighted by molar-refractivity contribution is 5.29. The fraction of sp³-hybridized carbons (Fsp3) is 0.429. The normalized spacial score (nSPS) is 16.0. The molecule has 0 unspecified atom stereocenters. The molecule has 0 radical (unpaired) electrons. The molecule has 1 saturated heterocycles. The minimum atomic E-state index is -0.412. The number of hydrogen-bond acceptors (Lipinski definition) is 6. The third-order valence-electron chi connectivity index (χ3n) is 3.49. The summed E-state index contributed by atoms with van der Waals surface area (Å²) in [5.41, 5.74) is 0. The molecule has 0 spiro atoms. The molecule has 110 valence electrons. The Balaban J connectivity index is 1.48. The van der Waals surface area contributed by atoms with Crippen LogP contribution in [0.25, 0.3) is 0 Å². The van der Waals surface area contributed by atoms with E-state index in [2.05, 4.69) is 24.8 Å². The highest BCUT2D eigenvalue weighted by atomic mass is 19.1. The minimum Gasteiger partial charge on any atom is -0.463 e. The fourth-order valence-electron chi connectivity index (χ4n) is 2.32. The van der Waals surface area contributed by atoms with Crippen LogP contribution in [0.1, 0.15) is 12.8 Å². The Labute approximate surface area is 122 Å². The maximum Gasteiger partial charge on any atom is 0.316 e. The summed E-state index contributed by atoms with van der Waals surface area (Å²) in [6.07, 6.45) is 7.68. The van der Waals surface area contributed by atoms with Crippen LogP contribution in [-0.2, 0) is 0 Å². The van der Waals surface area contributed by atoms with Gasteiger partial charge in [-0.25, -0.2) is 24.3 Å². The van der Waals surface area contributed by atoms with E-state index in [9.17, 15) is 4.39 Å². The molecule has 6 nitrogen and oxygen atoms in total. The number of nitrogens with zero attached hydrogens (tertiary/aromatic N) is 5. The van der Waals surface area contributed by atoms with Crippen molar-refractivity contribution in [3.05, 3.63) is 36.7 Å². The molecule has 21 heavy (non-hydrogen) atoms. The lowest BCUT2D eigenvalue weighted by Gasteiger charge is -2.31. The highest BCUT2D eigenvalue weighted by Gasteiger charge is 2.21. The van der Waals surface area contributed by atoms with Gasteiger partial charge in [0.15, 0.2) is 5.82 Å². The number of hydrogen-bond donors (Lipinski definition) is 0. The molecule has 7 heteroatoms. The number of rotatable bonds is 4. The van der Waals surface area contributed by atoms with Crippen LogP contribution in [0.2, 0.25) is 0 Å². The lowest BCUT2D eigenvalue weighted by molar-refractivity contribution is 0.208. The summed E-state index contributed by atoms with van der Waals surface area (Å²) in [5, 5.41) is 0. The second-order valence-corrected chi connectivity index (χ2v) is 4.97. The van der Waals surface area contributed by atoms with Crippen LogP contribution in [0.4, 0.5) is 10.3 Å². The maximum atomic E-state index is 12.8. The van der Waals surface area contributed by atoms with Crippen molar-refractivity contribution in [1.82, 2.24) is 19.9 Å². The molecule has 1 fully saturated rings. The van der Waals surface area contributed by atoms with Gasteiger partial charge in [-0.2, -0.15) is 0 Å². The number of aromatic nitrogens is 4. The standard InChI is InChI=1S/C14H16FN5O/c15-12-8-18-13(19-9-12)20-6-2-11(3-7-20)10-21-14-16-4-1-5-17-14/h1,4-5,8-9,11H,2-3,6-7,10H2. The summed E-state index contributed by atoms with van der Waals surface area (Å²) in [5.74, 6) is 0.637. The van der Waals surface area contributed by atoms with Crippen molar-refractivity contribution in [3.8, 4) is 6.01 Å². The Morgan fingerprint density at radius 2 is 1.76 bits per heavy atom. The van der Waals surface area contributed by atoms with Gasteiger partial charge in [0.2, 0.25) is 5.95 Å². The number of ether oxygens (including phenoxy) is 1. The summed E-state index contributed by atoms with van der Waals surface area (Å²) < 4.78 is 18.4. The molecule has 0 bridgehead atoms. The first-order valence-electron chi connectivity index (χ1n) is 6.93. The number of piperidine rings is 1. The van der Waals surface area contributed by atoms with E-state index >= 15 is 0 Å². The molecular formula is C14H16FN5O. The quantitative estimate of drug-likeness (QED) is 0.853. The summed E-state index contributed by atoms with van der Waals surface area (Å²) in [6, 6.07) is 2.18. The van der Waals surface area contributed by atoms with Crippen LogP contribution >= 0.6 is 0 Å². The van der Waals surface area contributed by atoms with E-state index in [1.54, 1.807) is 18.5 Å². The first-order valence-corrected chi connectivity index (χ1v) is 6.93. The molecule has 0 amide bonds. The van der Waals surface area contributed by atoms with E-state index in [0.717, 1.165) is 25.9 Å². The van der Waals surface area contributed by atoms with Crippen molar-refractivity contribution in [2.24, 2.45) is 5.92 Å². The zero-order valence-electron chi connectivity index (χ0n) is 11.5. The molecule has 3 heterocycles. The second-order valence-electron chi connectivity index (χ2n) is 4.97. The monoisotopic (exact) mass is 289 g/mol. The molecule has 0 aliphatic carbocycles. The van der Waals surface area contributed by atoms with Crippen molar-refractivity contribution in [3.63, 3.8) is 0 Å². The van der Waals surface area contributed by atoms with Gasteiger partial charge >= 0.3 is 6.01 Å². The van der Waals surface area contributed by atoms with Gasteiger partial charge in [0.25, 0.3) is 0 Å².